The van der Waals surface area contributed by atoms with E-state index in [0.717, 1.165) is 24.2 Å². The van der Waals surface area contributed by atoms with Gasteiger partial charge in [-0.3, -0.25) is 9.48 Å². The number of carbonyl (C=O) groups is 1. The van der Waals surface area contributed by atoms with E-state index in [4.69, 9.17) is 17.3 Å². The smallest absolute Gasteiger partial charge is 0.274 e. The minimum Gasteiger partial charge on any atom is -0.384 e. The third-order valence-electron chi connectivity index (χ3n) is 7.46. The molecule has 1 aromatic carbocycles. The lowest BCUT2D eigenvalue weighted by molar-refractivity contribution is 0.0263. The van der Waals surface area contributed by atoms with Gasteiger partial charge in [-0.25, -0.2) is 9.37 Å². The van der Waals surface area contributed by atoms with Crippen molar-refractivity contribution in [3.8, 4) is 11.8 Å². The number of halogens is 2. The van der Waals surface area contributed by atoms with Gasteiger partial charge in [0.1, 0.15) is 22.8 Å². The lowest BCUT2D eigenvalue weighted by Gasteiger charge is -2.25. The van der Waals surface area contributed by atoms with Crippen LogP contribution in [-0.2, 0) is 19.7 Å². The molecule has 0 bridgehead atoms. The Labute approximate surface area is 213 Å². The summed E-state index contributed by atoms with van der Waals surface area (Å²) in [4.78, 5) is 17.7. The molecule has 5 rings (SSSR count). The number of imidazole rings is 1. The van der Waals surface area contributed by atoms with Crippen molar-refractivity contribution in [1.82, 2.24) is 19.3 Å². The minimum absolute atomic E-state index is 0.0545. The van der Waals surface area contributed by atoms with Crippen LogP contribution in [0.15, 0.2) is 30.6 Å². The zero-order chi connectivity index (χ0) is 25.6. The van der Waals surface area contributed by atoms with Crippen molar-refractivity contribution in [3.05, 3.63) is 64.2 Å². The fourth-order valence-electron chi connectivity index (χ4n) is 5.99. The first-order valence-electron chi connectivity index (χ1n) is 11.9. The number of hydrogen-bond donors (Lipinski definition) is 3. The molecule has 8 nitrogen and oxygen atoms in total. The monoisotopic (exact) mass is 510 g/mol. The Morgan fingerprint density at radius 2 is 2.03 bits per heavy atom. The normalized spacial score (nSPS) is 24.9. The van der Waals surface area contributed by atoms with Gasteiger partial charge in [0.2, 0.25) is 0 Å². The number of benzene rings is 1. The van der Waals surface area contributed by atoms with Crippen LogP contribution in [0.3, 0.4) is 0 Å². The highest BCUT2D eigenvalue weighted by molar-refractivity contribution is 6.31. The van der Waals surface area contributed by atoms with Crippen molar-refractivity contribution < 1.29 is 14.3 Å². The summed E-state index contributed by atoms with van der Waals surface area (Å²) in [6.07, 6.45) is 4.57. The number of carbonyl (C=O) groups excluding carboxylic acids is 1. The highest BCUT2D eigenvalue weighted by Crippen LogP contribution is 2.56. The van der Waals surface area contributed by atoms with E-state index in [2.05, 4.69) is 27.2 Å². The van der Waals surface area contributed by atoms with Crippen LogP contribution < -0.4 is 11.1 Å². The van der Waals surface area contributed by atoms with E-state index < -0.39 is 11.4 Å². The number of nitrogens with two attached hydrogens (primary N) is 1. The van der Waals surface area contributed by atoms with Crippen LogP contribution in [0.4, 0.5) is 10.1 Å². The number of anilines is 1. The molecule has 2 atom stereocenters. The Balaban J connectivity index is 1.31. The summed E-state index contributed by atoms with van der Waals surface area (Å²) in [5.74, 6) is 5.61. The van der Waals surface area contributed by atoms with E-state index in [1.165, 1.54) is 18.2 Å². The molecule has 10 heteroatoms. The summed E-state index contributed by atoms with van der Waals surface area (Å²) in [7, 11) is 3.61. The number of amides is 1. The van der Waals surface area contributed by atoms with Gasteiger partial charge in [0.05, 0.1) is 29.3 Å². The van der Waals surface area contributed by atoms with Crippen molar-refractivity contribution in [1.29, 1.82) is 0 Å². The van der Waals surface area contributed by atoms with Gasteiger partial charge in [0.25, 0.3) is 5.91 Å². The topological polar surface area (TPSA) is 111 Å². The molecule has 0 radical (unpaired) electrons. The first-order chi connectivity index (χ1) is 17.2. The van der Waals surface area contributed by atoms with Gasteiger partial charge in [-0.15, -0.1) is 0 Å². The molecular weight excluding hydrogens is 483 g/mol. The van der Waals surface area contributed by atoms with Crippen molar-refractivity contribution in [2.45, 2.75) is 37.2 Å². The van der Waals surface area contributed by atoms with Gasteiger partial charge in [-0.1, -0.05) is 17.5 Å². The zero-order valence-corrected chi connectivity index (χ0v) is 20.9. The first-order valence-corrected chi connectivity index (χ1v) is 12.3. The standard InChI is InChI=1S/C26H28ClFN6O2/c1-33-14-30-23(24(33)25(35)31-18-5-6-21(28)20(27)10-18)15-8-16-12-26(36,13-17(16)9-15)22-11-19(4-3-7-29)32-34(22)2/h5-6,10-11,14-17,36H,7-9,12-13,29H2,1-2H3,(H,31,35). The second kappa shape index (κ2) is 9.36. The van der Waals surface area contributed by atoms with Crippen LogP contribution in [0.25, 0.3) is 0 Å². The van der Waals surface area contributed by atoms with Crippen molar-refractivity contribution in [2.75, 3.05) is 11.9 Å². The second-order valence-corrected chi connectivity index (χ2v) is 10.3. The third kappa shape index (κ3) is 4.41. The molecule has 0 spiro atoms. The summed E-state index contributed by atoms with van der Waals surface area (Å²) in [5, 5.41) is 18.7. The Hall–Kier alpha value is -3.19. The largest absolute Gasteiger partial charge is 0.384 e. The van der Waals surface area contributed by atoms with Gasteiger partial charge >= 0.3 is 0 Å². The molecule has 2 aliphatic rings. The van der Waals surface area contributed by atoms with Gasteiger partial charge in [-0.05, 0) is 67.7 Å². The molecule has 0 saturated heterocycles. The highest BCUT2D eigenvalue weighted by Gasteiger charge is 2.51. The number of nitrogens with one attached hydrogen (secondary N) is 1. The quantitative estimate of drug-likeness (QED) is 0.466. The van der Waals surface area contributed by atoms with E-state index in [9.17, 15) is 14.3 Å². The Bertz CT molecular complexity index is 1370. The molecule has 4 N–H and O–H groups in total. The summed E-state index contributed by atoms with van der Waals surface area (Å²) in [5.41, 5.74) is 7.52. The maximum Gasteiger partial charge on any atom is 0.274 e. The van der Waals surface area contributed by atoms with Crippen LogP contribution in [0.2, 0.25) is 5.02 Å². The van der Waals surface area contributed by atoms with E-state index in [-0.39, 0.29) is 23.4 Å². The summed E-state index contributed by atoms with van der Waals surface area (Å²) >= 11 is 5.86. The van der Waals surface area contributed by atoms with Crippen molar-refractivity contribution >= 4 is 23.2 Å². The summed E-state index contributed by atoms with van der Waals surface area (Å²) in [6, 6.07) is 5.93. The third-order valence-corrected chi connectivity index (χ3v) is 7.75. The molecule has 2 fully saturated rings. The number of aryl methyl sites for hydroxylation is 2. The molecule has 1 amide bonds. The van der Waals surface area contributed by atoms with E-state index >= 15 is 0 Å². The maximum atomic E-state index is 13.5. The van der Waals surface area contributed by atoms with Gasteiger partial charge in [0, 0.05) is 25.7 Å². The van der Waals surface area contributed by atoms with E-state index in [1.54, 1.807) is 22.6 Å². The number of fused-ring (bicyclic) bond motifs is 1. The average Bonchev–Trinajstić information content (AvgIpc) is 3.56. The van der Waals surface area contributed by atoms with Crippen molar-refractivity contribution in [2.24, 2.45) is 31.7 Å². The molecule has 2 aliphatic carbocycles. The van der Waals surface area contributed by atoms with Crippen LogP contribution >= 0.6 is 11.6 Å². The number of aromatic nitrogens is 4. The minimum atomic E-state index is -0.961. The number of rotatable bonds is 4. The predicted molar refractivity (Wildman–Crippen MR) is 134 cm³/mol. The van der Waals surface area contributed by atoms with Crippen molar-refractivity contribution in [3.63, 3.8) is 0 Å². The molecular formula is C26H28ClFN6O2. The molecule has 188 valence electrons. The summed E-state index contributed by atoms with van der Waals surface area (Å²) < 4.78 is 16.9. The molecule has 2 aromatic heterocycles. The van der Waals surface area contributed by atoms with Gasteiger partial charge in [0.15, 0.2) is 0 Å². The lowest BCUT2D eigenvalue weighted by Crippen LogP contribution is -2.26. The number of aliphatic hydroxyl groups is 1. The Kier molecular flexibility index (Phi) is 6.37. The fraction of sp³-hybridized carbons (Fsp3) is 0.423. The number of hydrogen-bond acceptors (Lipinski definition) is 5. The van der Waals surface area contributed by atoms with Crippen LogP contribution in [-0.4, -0.2) is 36.9 Å². The molecule has 0 aliphatic heterocycles. The van der Waals surface area contributed by atoms with Crippen LogP contribution in [0, 0.1) is 29.5 Å². The average molecular weight is 511 g/mol. The first kappa shape index (κ1) is 24.5. The molecule has 2 heterocycles. The van der Waals surface area contributed by atoms with Crippen LogP contribution in [0.5, 0.6) is 0 Å². The SMILES string of the molecule is Cn1cnc(C2CC3CC(O)(c4cc(C#CCN)nn4C)CC3C2)c1C(=O)Nc1ccc(F)c(Cl)c1. The fourth-order valence-corrected chi connectivity index (χ4v) is 6.17. The second-order valence-electron chi connectivity index (χ2n) is 9.84. The molecule has 3 aromatic rings. The molecule has 2 saturated carbocycles. The molecule has 2 unspecified atom stereocenters. The Morgan fingerprint density at radius 1 is 1.31 bits per heavy atom. The van der Waals surface area contributed by atoms with Gasteiger partial charge in [-0.2, -0.15) is 5.10 Å². The number of nitrogens with zero attached hydrogens (tertiary/aromatic N) is 4. The lowest BCUT2D eigenvalue weighted by atomic mass is 9.90. The predicted octanol–water partition coefficient (Wildman–Crippen LogP) is 3.30. The summed E-state index contributed by atoms with van der Waals surface area (Å²) in [6.45, 7) is 0.257. The maximum absolute atomic E-state index is 13.5. The molecule has 36 heavy (non-hydrogen) atoms. The highest BCUT2D eigenvalue weighted by atomic mass is 35.5. The van der Waals surface area contributed by atoms with Crippen LogP contribution in [0.1, 0.15) is 59.2 Å². The van der Waals surface area contributed by atoms with Gasteiger partial charge < -0.3 is 20.7 Å². The Morgan fingerprint density at radius 3 is 2.69 bits per heavy atom. The van der Waals surface area contributed by atoms with E-state index in [1.807, 2.05) is 13.1 Å². The zero-order valence-electron chi connectivity index (χ0n) is 20.1. The van der Waals surface area contributed by atoms with E-state index in [0.29, 0.717) is 41.8 Å².